The molecule has 1 saturated carbocycles. The molecule has 0 radical (unpaired) electrons. The minimum atomic E-state index is -0.767. The number of benzene rings is 1. The van der Waals surface area contributed by atoms with Gasteiger partial charge in [0.2, 0.25) is 0 Å². The minimum Gasteiger partial charge on any atom is -0.496 e. The molecule has 1 fully saturated rings. The van der Waals surface area contributed by atoms with Crippen molar-refractivity contribution in [1.29, 1.82) is 0 Å². The van der Waals surface area contributed by atoms with Crippen molar-refractivity contribution in [1.82, 2.24) is 0 Å². The topological polar surface area (TPSA) is 65.0 Å². The van der Waals surface area contributed by atoms with Gasteiger partial charge in [-0.3, -0.25) is 4.79 Å². The molecule has 5 nitrogen and oxygen atoms in total. The fourth-order valence-corrected chi connectivity index (χ4v) is 2.15. The number of ether oxygens (including phenoxy) is 3. The molecule has 0 saturated heterocycles. The number of carboxylic acid groups (broad SMARTS) is 1. The molecule has 0 heterocycles. The van der Waals surface area contributed by atoms with Crippen LogP contribution in [0.1, 0.15) is 17.9 Å². The molecule has 0 aliphatic heterocycles. The van der Waals surface area contributed by atoms with Crippen molar-refractivity contribution >= 4 is 5.97 Å². The minimum absolute atomic E-state index is 0.00254. The fourth-order valence-electron chi connectivity index (χ4n) is 2.15. The second-order valence-electron chi connectivity index (χ2n) is 4.24. The summed E-state index contributed by atoms with van der Waals surface area (Å²) in [4.78, 5) is 10.9. The van der Waals surface area contributed by atoms with E-state index in [0.29, 0.717) is 23.7 Å². The zero-order valence-electron chi connectivity index (χ0n) is 10.6. The molecule has 98 valence electrons. The van der Waals surface area contributed by atoms with Crippen molar-refractivity contribution in [2.24, 2.45) is 5.92 Å². The Morgan fingerprint density at radius 3 is 2.11 bits per heavy atom. The Morgan fingerprint density at radius 2 is 1.67 bits per heavy atom. The van der Waals surface area contributed by atoms with Gasteiger partial charge in [0.05, 0.1) is 27.2 Å². The Balaban J connectivity index is 2.38. The average Bonchev–Trinajstić information content (AvgIpc) is 3.17. The van der Waals surface area contributed by atoms with Crippen molar-refractivity contribution in [3.05, 3.63) is 17.7 Å². The number of aliphatic carboxylic acids is 1. The molecule has 5 heteroatoms. The highest BCUT2D eigenvalue weighted by Gasteiger charge is 2.46. The van der Waals surface area contributed by atoms with Gasteiger partial charge in [-0.2, -0.15) is 0 Å². The zero-order chi connectivity index (χ0) is 13.3. The van der Waals surface area contributed by atoms with E-state index < -0.39 is 5.97 Å². The highest BCUT2D eigenvalue weighted by Crippen LogP contribution is 2.52. The van der Waals surface area contributed by atoms with Crippen LogP contribution in [-0.2, 0) is 4.79 Å². The summed E-state index contributed by atoms with van der Waals surface area (Å²) in [7, 11) is 4.66. The third-order valence-corrected chi connectivity index (χ3v) is 3.24. The van der Waals surface area contributed by atoms with Crippen molar-refractivity contribution in [3.8, 4) is 17.2 Å². The molecule has 0 aromatic heterocycles. The smallest absolute Gasteiger partial charge is 0.307 e. The van der Waals surface area contributed by atoms with E-state index in [4.69, 9.17) is 19.3 Å². The SMILES string of the molecule is COc1cc(OC)c(C2CC2C(=O)O)cc1OC. The summed E-state index contributed by atoms with van der Waals surface area (Å²) in [5.74, 6) is 0.711. The molecule has 2 unspecified atom stereocenters. The Bertz CT molecular complexity index is 469. The standard InChI is InChI=1S/C13H16O5/c1-16-10-6-12(18-3)11(17-2)5-8(10)7-4-9(7)13(14)15/h5-7,9H,4H2,1-3H3,(H,14,15). The van der Waals surface area contributed by atoms with Gasteiger partial charge in [-0.1, -0.05) is 0 Å². The van der Waals surface area contributed by atoms with Gasteiger partial charge in [0.15, 0.2) is 11.5 Å². The molecule has 2 rings (SSSR count). The normalized spacial score (nSPS) is 21.3. The monoisotopic (exact) mass is 252 g/mol. The van der Waals surface area contributed by atoms with E-state index in [0.717, 1.165) is 5.56 Å². The molecular formula is C13H16O5. The summed E-state index contributed by atoms with van der Waals surface area (Å²) < 4.78 is 15.7. The van der Waals surface area contributed by atoms with Crippen LogP contribution >= 0.6 is 0 Å². The first-order valence-electron chi connectivity index (χ1n) is 5.65. The molecule has 1 aliphatic carbocycles. The predicted octanol–water partition coefficient (Wildman–Crippen LogP) is 1.90. The Hall–Kier alpha value is -1.91. The van der Waals surface area contributed by atoms with Crippen molar-refractivity contribution in [2.45, 2.75) is 12.3 Å². The summed E-state index contributed by atoms with van der Waals surface area (Å²) in [6, 6.07) is 3.52. The highest BCUT2D eigenvalue weighted by molar-refractivity contribution is 5.76. The first kappa shape index (κ1) is 12.5. The quantitative estimate of drug-likeness (QED) is 0.867. The molecule has 0 bridgehead atoms. The first-order chi connectivity index (χ1) is 8.62. The lowest BCUT2D eigenvalue weighted by Crippen LogP contribution is -2.01. The number of rotatable bonds is 5. The molecule has 1 aliphatic rings. The average molecular weight is 252 g/mol. The highest BCUT2D eigenvalue weighted by atomic mass is 16.5. The number of hydrogen-bond acceptors (Lipinski definition) is 4. The third-order valence-electron chi connectivity index (χ3n) is 3.24. The fraction of sp³-hybridized carbons (Fsp3) is 0.462. The Morgan fingerprint density at radius 1 is 1.11 bits per heavy atom. The molecule has 1 aromatic carbocycles. The van der Waals surface area contributed by atoms with Gasteiger partial charge in [-0.05, 0) is 12.5 Å². The van der Waals surface area contributed by atoms with Crippen LogP contribution in [0.3, 0.4) is 0 Å². The van der Waals surface area contributed by atoms with Crippen LogP contribution < -0.4 is 14.2 Å². The summed E-state index contributed by atoms with van der Waals surface area (Å²) in [6.45, 7) is 0. The van der Waals surface area contributed by atoms with Crippen LogP contribution in [0.15, 0.2) is 12.1 Å². The van der Waals surface area contributed by atoms with E-state index in [9.17, 15) is 4.79 Å². The van der Waals surface area contributed by atoms with Crippen LogP contribution in [0.4, 0.5) is 0 Å². The number of carboxylic acids is 1. The largest absolute Gasteiger partial charge is 0.496 e. The number of carbonyl (C=O) groups is 1. The van der Waals surface area contributed by atoms with Crippen LogP contribution in [0.2, 0.25) is 0 Å². The molecule has 1 N–H and O–H groups in total. The second-order valence-corrected chi connectivity index (χ2v) is 4.24. The maximum absolute atomic E-state index is 10.9. The van der Waals surface area contributed by atoms with Gasteiger partial charge in [-0.15, -0.1) is 0 Å². The Kier molecular flexibility index (Phi) is 3.32. The van der Waals surface area contributed by atoms with Crippen LogP contribution in [0, 0.1) is 5.92 Å². The maximum atomic E-state index is 10.9. The van der Waals surface area contributed by atoms with Crippen LogP contribution in [0.5, 0.6) is 17.2 Å². The molecule has 18 heavy (non-hydrogen) atoms. The third kappa shape index (κ3) is 2.08. The summed E-state index contributed by atoms with van der Waals surface area (Å²) in [6.07, 6.45) is 0.640. The molecule has 0 spiro atoms. The van der Waals surface area contributed by atoms with Gasteiger partial charge >= 0.3 is 5.97 Å². The van der Waals surface area contributed by atoms with E-state index >= 15 is 0 Å². The summed E-state index contributed by atoms with van der Waals surface area (Å²) in [5.41, 5.74) is 0.863. The van der Waals surface area contributed by atoms with E-state index in [-0.39, 0.29) is 11.8 Å². The lowest BCUT2D eigenvalue weighted by atomic mass is 10.1. The summed E-state index contributed by atoms with van der Waals surface area (Å²) >= 11 is 0. The first-order valence-corrected chi connectivity index (χ1v) is 5.65. The molecular weight excluding hydrogens is 236 g/mol. The van der Waals surface area contributed by atoms with Crippen molar-refractivity contribution < 1.29 is 24.1 Å². The Labute approximate surface area is 105 Å². The van der Waals surface area contributed by atoms with E-state index in [1.165, 1.54) is 0 Å². The van der Waals surface area contributed by atoms with Gasteiger partial charge < -0.3 is 19.3 Å². The molecule has 0 amide bonds. The predicted molar refractivity (Wildman–Crippen MR) is 64.6 cm³/mol. The lowest BCUT2D eigenvalue weighted by molar-refractivity contribution is -0.138. The number of methoxy groups -OCH3 is 3. The van der Waals surface area contributed by atoms with Gasteiger partial charge in [0.1, 0.15) is 5.75 Å². The van der Waals surface area contributed by atoms with Gasteiger partial charge in [0, 0.05) is 17.5 Å². The van der Waals surface area contributed by atoms with Crippen LogP contribution in [0.25, 0.3) is 0 Å². The molecule has 1 aromatic rings. The number of hydrogen-bond donors (Lipinski definition) is 1. The second kappa shape index (κ2) is 4.76. The van der Waals surface area contributed by atoms with Crippen molar-refractivity contribution in [2.75, 3.05) is 21.3 Å². The summed E-state index contributed by atoms with van der Waals surface area (Å²) in [5, 5.41) is 8.98. The van der Waals surface area contributed by atoms with E-state index in [2.05, 4.69) is 0 Å². The lowest BCUT2D eigenvalue weighted by Gasteiger charge is -2.13. The van der Waals surface area contributed by atoms with Crippen LogP contribution in [-0.4, -0.2) is 32.4 Å². The van der Waals surface area contributed by atoms with Crippen molar-refractivity contribution in [3.63, 3.8) is 0 Å². The van der Waals surface area contributed by atoms with E-state index in [1.54, 1.807) is 33.5 Å². The van der Waals surface area contributed by atoms with Gasteiger partial charge in [0.25, 0.3) is 0 Å². The molecule has 2 atom stereocenters. The zero-order valence-corrected chi connectivity index (χ0v) is 10.6. The van der Waals surface area contributed by atoms with Gasteiger partial charge in [-0.25, -0.2) is 0 Å². The van der Waals surface area contributed by atoms with E-state index in [1.807, 2.05) is 0 Å². The maximum Gasteiger partial charge on any atom is 0.307 e.